The first kappa shape index (κ1) is 31.3. The van der Waals surface area contributed by atoms with Gasteiger partial charge in [-0.05, 0) is 61.9 Å². The number of amides is 2. The first-order valence-corrected chi connectivity index (χ1v) is 14.3. The summed E-state index contributed by atoms with van der Waals surface area (Å²) in [5.74, 6) is -2.84. The summed E-state index contributed by atoms with van der Waals surface area (Å²) >= 11 is 10.1. The molecule has 4 rings (SSSR count). The lowest BCUT2D eigenvalue weighted by Gasteiger charge is -2.35. The van der Waals surface area contributed by atoms with E-state index in [0.29, 0.717) is 18.0 Å². The molecule has 224 valence electrons. The zero-order valence-corrected chi connectivity index (χ0v) is 24.8. The normalized spacial score (nSPS) is 22.2. The molecule has 0 aromatic heterocycles. The van der Waals surface area contributed by atoms with Crippen LogP contribution < -0.4 is 14.8 Å². The third kappa shape index (κ3) is 7.61. The number of ether oxygens (including phenoxy) is 2. The van der Waals surface area contributed by atoms with Crippen LogP contribution in [0.3, 0.4) is 0 Å². The van der Waals surface area contributed by atoms with Crippen LogP contribution in [0.15, 0.2) is 36.4 Å². The van der Waals surface area contributed by atoms with Crippen LogP contribution in [-0.4, -0.2) is 99.3 Å². The number of likely N-dealkylation sites (N-methyl/N-ethyl adjacent to an activating group) is 2. The highest BCUT2D eigenvalue weighted by Gasteiger charge is 2.46. The third-order valence-electron chi connectivity index (χ3n) is 7.74. The molecule has 2 fully saturated rings. The minimum Gasteiger partial charge on any atom is -0.451 e. The molecule has 2 saturated heterocycles. The Hall–Kier alpha value is -2.64. The summed E-state index contributed by atoms with van der Waals surface area (Å²) in [5, 5.41) is 3.08. The van der Waals surface area contributed by atoms with E-state index < -0.39 is 34.8 Å². The molecule has 41 heavy (non-hydrogen) atoms. The van der Waals surface area contributed by atoms with Crippen LogP contribution in [0.2, 0.25) is 5.02 Å². The molecule has 2 amide bonds. The van der Waals surface area contributed by atoms with E-state index in [9.17, 15) is 9.59 Å². The van der Waals surface area contributed by atoms with Crippen LogP contribution in [-0.2, 0) is 14.9 Å². The maximum Gasteiger partial charge on any atom is 0.409 e. The highest BCUT2D eigenvalue weighted by molar-refractivity contribution is 7.78. The van der Waals surface area contributed by atoms with Gasteiger partial charge in [-0.1, -0.05) is 24.4 Å². The van der Waals surface area contributed by atoms with Crippen LogP contribution in [0.25, 0.3) is 0 Å². The number of hydrogen-bond acceptors (Lipinski definition) is 8. The smallest absolute Gasteiger partial charge is 0.409 e. The number of nitrogens with zero attached hydrogens (tertiary/aromatic N) is 3. The molecule has 9 nitrogen and oxygen atoms in total. The van der Waals surface area contributed by atoms with Crippen molar-refractivity contribution >= 4 is 36.4 Å². The van der Waals surface area contributed by atoms with Gasteiger partial charge >= 0.3 is 6.09 Å². The Morgan fingerprint density at radius 2 is 1.78 bits per heavy atom. The fourth-order valence-corrected chi connectivity index (χ4v) is 5.60. The highest BCUT2D eigenvalue weighted by atomic mass is 35.5. The first-order valence-electron chi connectivity index (χ1n) is 13.5. The number of carbonyl (C=O) groups is 2. The molecule has 0 radical (unpaired) electrons. The second kappa shape index (κ2) is 14.0. The zero-order chi connectivity index (χ0) is 29.6. The van der Waals surface area contributed by atoms with E-state index >= 15 is 8.78 Å². The number of halogens is 3. The molecule has 13 heteroatoms. The molecule has 0 aliphatic carbocycles. The molecule has 2 aliphatic heterocycles. The van der Waals surface area contributed by atoms with Crippen molar-refractivity contribution in [2.45, 2.75) is 24.3 Å². The average molecular weight is 612 g/mol. The van der Waals surface area contributed by atoms with Crippen LogP contribution in [0.5, 0.6) is 11.5 Å². The molecule has 2 aromatic carbocycles. The molecule has 2 unspecified atom stereocenters. The van der Waals surface area contributed by atoms with Crippen molar-refractivity contribution in [1.29, 1.82) is 0 Å². The third-order valence-corrected chi connectivity index (χ3v) is 8.35. The van der Waals surface area contributed by atoms with Gasteiger partial charge in [0.05, 0.1) is 5.41 Å². The van der Waals surface area contributed by atoms with Crippen LogP contribution in [0, 0.1) is 11.6 Å². The van der Waals surface area contributed by atoms with Crippen molar-refractivity contribution in [3.8, 4) is 11.5 Å². The van der Waals surface area contributed by atoms with Crippen LogP contribution in [0.4, 0.5) is 13.6 Å². The quantitative estimate of drug-likeness (QED) is 0.393. The lowest BCUT2D eigenvalue weighted by molar-refractivity contribution is -0.127. The van der Waals surface area contributed by atoms with Gasteiger partial charge in [0.15, 0.2) is 17.4 Å². The Kier molecular flexibility index (Phi) is 10.7. The summed E-state index contributed by atoms with van der Waals surface area (Å²) in [6.45, 7) is 4.51. The second-order valence-electron chi connectivity index (χ2n) is 10.5. The Bertz CT molecular complexity index is 1200. The minimum atomic E-state index is -1.45. The van der Waals surface area contributed by atoms with E-state index in [0.717, 1.165) is 38.3 Å². The number of nitrogens with one attached hydrogen (secondary N) is 2. The van der Waals surface area contributed by atoms with Crippen molar-refractivity contribution in [2.75, 3.05) is 66.5 Å². The number of likely N-dealkylation sites (tertiary alicyclic amines) is 1. The maximum absolute atomic E-state index is 15.4. The molecule has 0 spiro atoms. The molecule has 2 atom stereocenters. The monoisotopic (exact) mass is 611 g/mol. The molecule has 2 aliphatic rings. The summed E-state index contributed by atoms with van der Waals surface area (Å²) in [6, 6.07) is 7.96. The minimum absolute atomic E-state index is 0.0883. The lowest BCUT2D eigenvalue weighted by atomic mass is 9.75. The van der Waals surface area contributed by atoms with Crippen molar-refractivity contribution in [1.82, 2.24) is 24.7 Å². The molecule has 0 bridgehead atoms. The highest BCUT2D eigenvalue weighted by Crippen LogP contribution is 2.38. The van der Waals surface area contributed by atoms with Gasteiger partial charge in [0, 0.05) is 63.9 Å². The van der Waals surface area contributed by atoms with Gasteiger partial charge in [0.1, 0.15) is 12.4 Å². The molecule has 2 heterocycles. The number of rotatable bonds is 8. The summed E-state index contributed by atoms with van der Waals surface area (Å²) in [5.41, 5.74) is -1.36. The average Bonchev–Trinajstić information content (AvgIpc) is 3.17. The summed E-state index contributed by atoms with van der Waals surface area (Å²) in [7, 11) is 3.52. The van der Waals surface area contributed by atoms with Crippen LogP contribution in [0.1, 0.15) is 18.4 Å². The van der Waals surface area contributed by atoms with E-state index in [2.05, 4.69) is 39.7 Å². The van der Waals surface area contributed by atoms with Gasteiger partial charge < -0.3 is 24.6 Å². The zero-order valence-electron chi connectivity index (χ0n) is 23.2. The van der Waals surface area contributed by atoms with E-state index in [-0.39, 0.29) is 43.5 Å². The van der Waals surface area contributed by atoms with Crippen molar-refractivity contribution < 1.29 is 27.8 Å². The molecular formula is C28H36ClF2N5O4S. The van der Waals surface area contributed by atoms with E-state index in [1.807, 2.05) is 0 Å². The summed E-state index contributed by atoms with van der Waals surface area (Å²) in [6.07, 6.45) is 0.00654. The number of thiol groups is 1. The van der Waals surface area contributed by atoms with Crippen molar-refractivity contribution in [2.24, 2.45) is 0 Å². The van der Waals surface area contributed by atoms with Crippen LogP contribution >= 0.6 is 24.4 Å². The SMILES string of the molecule is CNC(=O)C1(c2cc(F)c(Oc3ccc(Cl)cc3)c(F)c2)CCC(NS)CN(C(=O)OCCN2CCN(C)CC2)C1. The first-order chi connectivity index (χ1) is 19.6. The predicted molar refractivity (Wildman–Crippen MR) is 156 cm³/mol. The number of piperazine rings is 1. The van der Waals surface area contributed by atoms with Crippen molar-refractivity contribution in [3.63, 3.8) is 0 Å². The van der Waals surface area contributed by atoms with Crippen molar-refractivity contribution in [3.05, 3.63) is 58.6 Å². The van der Waals surface area contributed by atoms with Gasteiger partial charge in [-0.25, -0.2) is 13.6 Å². The van der Waals surface area contributed by atoms with Gasteiger partial charge in [-0.2, -0.15) is 0 Å². The van der Waals surface area contributed by atoms with Gasteiger partial charge in [0.2, 0.25) is 5.91 Å². The fraction of sp³-hybridized carbons (Fsp3) is 0.500. The number of carbonyl (C=O) groups excluding carboxylic acids is 2. The summed E-state index contributed by atoms with van der Waals surface area (Å²) < 4.78 is 44.7. The summed E-state index contributed by atoms with van der Waals surface area (Å²) in [4.78, 5) is 32.6. The van der Waals surface area contributed by atoms with Gasteiger partial charge in [0.25, 0.3) is 0 Å². The van der Waals surface area contributed by atoms with E-state index in [1.54, 1.807) is 0 Å². The molecule has 0 saturated carbocycles. The molecular weight excluding hydrogens is 576 g/mol. The van der Waals surface area contributed by atoms with E-state index in [1.165, 1.54) is 36.2 Å². The van der Waals surface area contributed by atoms with Gasteiger partial charge in [-0.15, -0.1) is 0 Å². The number of hydrogen-bond donors (Lipinski definition) is 3. The molecule has 2 aromatic rings. The van der Waals surface area contributed by atoms with Gasteiger partial charge in [-0.3, -0.25) is 14.4 Å². The lowest BCUT2D eigenvalue weighted by Crippen LogP contribution is -2.52. The Labute approximate surface area is 249 Å². The van der Waals surface area contributed by atoms with E-state index in [4.69, 9.17) is 21.1 Å². The second-order valence-corrected chi connectivity index (χ2v) is 11.2. The molecule has 2 N–H and O–H groups in total. The Balaban J connectivity index is 1.57. The largest absolute Gasteiger partial charge is 0.451 e. The maximum atomic E-state index is 15.4. The Morgan fingerprint density at radius 1 is 1.12 bits per heavy atom. The fourth-order valence-electron chi connectivity index (χ4n) is 5.26. The standard InChI is InChI=1S/C28H36ClF2N5O4S/c1-32-26(37)28(19-15-23(30)25(24(31)16-19)40-22-5-3-20(29)4-6-22)8-7-21(33-41)17-36(18-28)27(38)39-14-13-35-11-9-34(2)10-12-35/h3-6,15-16,21,33,41H,7-14,17-18H2,1-2H3,(H,32,37). The predicted octanol–water partition coefficient (Wildman–Crippen LogP) is 3.68. The number of benzene rings is 2. The Morgan fingerprint density at radius 3 is 2.39 bits per heavy atom. The topological polar surface area (TPSA) is 86.4 Å².